The molecule has 3 rings (SSSR count). The van der Waals surface area contributed by atoms with Gasteiger partial charge in [-0.15, -0.1) is 11.3 Å². The summed E-state index contributed by atoms with van der Waals surface area (Å²) in [6, 6.07) is 4.34. The first-order valence-corrected chi connectivity index (χ1v) is 8.87. The highest BCUT2D eigenvalue weighted by Crippen LogP contribution is 2.35. The minimum absolute atomic E-state index is 0.0407. The summed E-state index contributed by atoms with van der Waals surface area (Å²) < 4.78 is 0.820. The maximum absolute atomic E-state index is 12.8. The van der Waals surface area contributed by atoms with Crippen molar-refractivity contribution in [3.8, 4) is 0 Å². The van der Waals surface area contributed by atoms with Gasteiger partial charge in [-0.1, -0.05) is 11.6 Å². The minimum Gasteiger partial charge on any atom is -0.339 e. The molecule has 2 fully saturated rings. The molecule has 1 amide bonds. The first-order valence-electron chi connectivity index (χ1n) is 7.67. The van der Waals surface area contributed by atoms with Gasteiger partial charge in [0.25, 0.3) is 0 Å². The van der Waals surface area contributed by atoms with Crippen molar-refractivity contribution >= 4 is 28.8 Å². The Bertz CT molecular complexity index is 501. The molecule has 2 unspecified atom stereocenters. The number of likely N-dealkylation sites (tertiary alicyclic amines) is 1. The van der Waals surface area contributed by atoms with Gasteiger partial charge in [0.05, 0.1) is 10.4 Å². The van der Waals surface area contributed by atoms with Crippen molar-refractivity contribution in [3.63, 3.8) is 0 Å². The van der Waals surface area contributed by atoms with Gasteiger partial charge in [-0.25, -0.2) is 0 Å². The third-order valence-electron chi connectivity index (χ3n) is 4.51. The Morgan fingerprint density at radius 1 is 1.38 bits per heavy atom. The lowest BCUT2D eigenvalue weighted by atomic mass is 10.1. The highest BCUT2D eigenvalue weighted by molar-refractivity contribution is 7.16. The van der Waals surface area contributed by atoms with E-state index in [1.54, 1.807) is 11.3 Å². The lowest BCUT2D eigenvalue weighted by Gasteiger charge is -2.35. The summed E-state index contributed by atoms with van der Waals surface area (Å²) in [6.45, 7) is 6.68. The molecule has 3 heterocycles. The molecule has 4 nitrogen and oxygen atoms in total. The Labute approximate surface area is 135 Å². The number of carbonyl (C=O) groups excluding carboxylic acids is 1. The van der Waals surface area contributed by atoms with Gasteiger partial charge >= 0.3 is 0 Å². The summed E-state index contributed by atoms with van der Waals surface area (Å²) in [5, 5.41) is 3.30. The predicted octanol–water partition coefficient (Wildman–Crippen LogP) is 2.36. The van der Waals surface area contributed by atoms with Gasteiger partial charge in [-0.3, -0.25) is 9.69 Å². The maximum Gasteiger partial charge on any atom is 0.240 e. The van der Waals surface area contributed by atoms with Gasteiger partial charge in [-0.2, -0.15) is 0 Å². The highest BCUT2D eigenvalue weighted by Gasteiger charge is 2.37. The summed E-state index contributed by atoms with van der Waals surface area (Å²) in [5.41, 5.74) is 0. The maximum atomic E-state index is 12.8. The van der Waals surface area contributed by atoms with Crippen molar-refractivity contribution in [2.45, 2.75) is 31.8 Å². The standard InChI is InChI=1S/C15H22ClN3OS/c1-11(13-4-5-14(16)21-13)19-8-2-3-12(19)15(20)18-9-6-17-7-10-18/h4-5,11-12,17H,2-3,6-10H2,1H3. The first-order chi connectivity index (χ1) is 10.2. The van der Waals surface area contributed by atoms with Crippen molar-refractivity contribution in [1.82, 2.24) is 15.1 Å². The van der Waals surface area contributed by atoms with Crippen molar-refractivity contribution in [1.29, 1.82) is 0 Å². The average molecular weight is 328 g/mol. The zero-order chi connectivity index (χ0) is 14.8. The van der Waals surface area contributed by atoms with E-state index in [1.807, 2.05) is 11.0 Å². The number of carbonyl (C=O) groups is 1. The van der Waals surface area contributed by atoms with E-state index in [0.29, 0.717) is 5.91 Å². The number of piperazine rings is 1. The first kappa shape index (κ1) is 15.3. The minimum atomic E-state index is 0.0407. The van der Waals surface area contributed by atoms with E-state index in [9.17, 15) is 4.79 Å². The fraction of sp³-hybridized carbons (Fsp3) is 0.667. The number of halogens is 1. The van der Waals surface area contributed by atoms with E-state index in [1.165, 1.54) is 4.88 Å². The van der Waals surface area contributed by atoms with Gasteiger partial charge in [0.15, 0.2) is 0 Å². The summed E-state index contributed by atoms with van der Waals surface area (Å²) >= 11 is 7.67. The Morgan fingerprint density at radius 3 is 2.81 bits per heavy atom. The quantitative estimate of drug-likeness (QED) is 0.925. The van der Waals surface area contributed by atoms with Crippen LogP contribution in [-0.4, -0.2) is 54.5 Å². The van der Waals surface area contributed by atoms with Crippen LogP contribution in [0.3, 0.4) is 0 Å². The molecule has 116 valence electrons. The molecule has 0 spiro atoms. The van der Waals surface area contributed by atoms with Crippen molar-refractivity contribution in [2.75, 3.05) is 32.7 Å². The molecule has 0 bridgehead atoms. The molecule has 1 N–H and O–H groups in total. The molecule has 1 aromatic rings. The van der Waals surface area contributed by atoms with E-state index < -0.39 is 0 Å². The fourth-order valence-electron chi connectivity index (χ4n) is 3.33. The van der Waals surface area contributed by atoms with Crippen molar-refractivity contribution in [3.05, 3.63) is 21.3 Å². The topological polar surface area (TPSA) is 35.6 Å². The van der Waals surface area contributed by atoms with Crippen LogP contribution in [0.5, 0.6) is 0 Å². The van der Waals surface area contributed by atoms with Crippen LogP contribution in [0.4, 0.5) is 0 Å². The van der Waals surface area contributed by atoms with E-state index in [4.69, 9.17) is 11.6 Å². The Balaban J connectivity index is 1.71. The lowest BCUT2D eigenvalue weighted by molar-refractivity contribution is -0.137. The second-order valence-electron chi connectivity index (χ2n) is 5.79. The lowest BCUT2D eigenvalue weighted by Crippen LogP contribution is -2.52. The monoisotopic (exact) mass is 327 g/mol. The normalized spacial score (nSPS) is 25.2. The van der Waals surface area contributed by atoms with E-state index in [0.717, 1.165) is 49.9 Å². The smallest absolute Gasteiger partial charge is 0.240 e. The zero-order valence-electron chi connectivity index (χ0n) is 12.3. The van der Waals surface area contributed by atoms with Gasteiger partial charge in [-0.05, 0) is 38.4 Å². The van der Waals surface area contributed by atoms with Gasteiger partial charge in [0, 0.05) is 37.1 Å². The van der Waals surface area contributed by atoms with Crippen molar-refractivity contribution < 1.29 is 4.79 Å². The molecule has 2 atom stereocenters. The Kier molecular flexibility index (Phi) is 4.84. The second-order valence-corrected chi connectivity index (χ2v) is 7.54. The summed E-state index contributed by atoms with van der Waals surface area (Å²) in [7, 11) is 0. The van der Waals surface area contributed by atoms with Gasteiger partial charge in [0.1, 0.15) is 0 Å². The molecule has 2 aliphatic heterocycles. The molecule has 21 heavy (non-hydrogen) atoms. The molecular formula is C15H22ClN3OS. The molecule has 1 aromatic heterocycles. The molecule has 0 radical (unpaired) electrons. The van der Waals surface area contributed by atoms with Crippen LogP contribution in [0.2, 0.25) is 4.34 Å². The molecule has 0 aliphatic carbocycles. The molecule has 2 aliphatic rings. The van der Waals surface area contributed by atoms with Crippen LogP contribution in [0, 0.1) is 0 Å². The van der Waals surface area contributed by atoms with Crippen LogP contribution in [0.1, 0.15) is 30.7 Å². The third-order valence-corrected chi connectivity index (χ3v) is 5.91. The number of hydrogen-bond donors (Lipinski definition) is 1. The van der Waals surface area contributed by atoms with Gasteiger partial charge < -0.3 is 10.2 Å². The fourth-order valence-corrected chi connectivity index (χ4v) is 4.46. The largest absolute Gasteiger partial charge is 0.339 e. The molecule has 2 saturated heterocycles. The van der Waals surface area contributed by atoms with Crippen LogP contribution in [-0.2, 0) is 4.79 Å². The SMILES string of the molecule is CC(c1ccc(Cl)s1)N1CCCC1C(=O)N1CCNCC1. The van der Waals surface area contributed by atoms with E-state index in [2.05, 4.69) is 23.2 Å². The second kappa shape index (κ2) is 6.65. The highest BCUT2D eigenvalue weighted by atomic mass is 35.5. The van der Waals surface area contributed by atoms with E-state index in [-0.39, 0.29) is 12.1 Å². The Hall–Kier alpha value is -0.620. The number of nitrogens with zero attached hydrogens (tertiary/aromatic N) is 2. The van der Waals surface area contributed by atoms with Crippen molar-refractivity contribution in [2.24, 2.45) is 0 Å². The molecule has 6 heteroatoms. The van der Waals surface area contributed by atoms with Crippen LogP contribution in [0.25, 0.3) is 0 Å². The Morgan fingerprint density at radius 2 is 2.14 bits per heavy atom. The summed E-state index contributed by atoms with van der Waals surface area (Å²) in [6.07, 6.45) is 2.08. The van der Waals surface area contributed by atoms with Crippen LogP contribution in [0.15, 0.2) is 12.1 Å². The molecular weight excluding hydrogens is 306 g/mol. The summed E-state index contributed by atoms with van der Waals surface area (Å²) in [5.74, 6) is 0.309. The zero-order valence-corrected chi connectivity index (χ0v) is 13.9. The number of hydrogen-bond acceptors (Lipinski definition) is 4. The number of rotatable bonds is 3. The molecule has 0 aromatic carbocycles. The van der Waals surface area contributed by atoms with Gasteiger partial charge in [0.2, 0.25) is 5.91 Å². The van der Waals surface area contributed by atoms with E-state index >= 15 is 0 Å². The number of thiophene rings is 1. The average Bonchev–Trinajstić information content (AvgIpc) is 3.15. The number of amides is 1. The summed E-state index contributed by atoms with van der Waals surface area (Å²) in [4.78, 5) is 18.4. The predicted molar refractivity (Wildman–Crippen MR) is 86.9 cm³/mol. The molecule has 0 saturated carbocycles. The van der Waals surface area contributed by atoms with Crippen LogP contribution < -0.4 is 5.32 Å². The number of nitrogens with one attached hydrogen (secondary N) is 1. The van der Waals surface area contributed by atoms with Crippen LogP contribution >= 0.6 is 22.9 Å². The third kappa shape index (κ3) is 3.26.